The first-order chi connectivity index (χ1) is 10.8. The minimum atomic E-state index is -0.223. The fourth-order valence-electron chi connectivity index (χ4n) is 2.33. The van der Waals surface area contributed by atoms with Crippen molar-refractivity contribution in [3.05, 3.63) is 35.9 Å². The van der Waals surface area contributed by atoms with E-state index in [0.717, 1.165) is 23.4 Å². The minimum Gasteiger partial charge on any atom is -0.318 e. The van der Waals surface area contributed by atoms with Crippen molar-refractivity contribution in [2.45, 2.75) is 25.3 Å². The third-order valence-corrected chi connectivity index (χ3v) is 4.68. The van der Waals surface area contributed by atoms with E-state index >= 15 is 0 Å². The molecular formula is C14H14N6OS. The number of carbonyl (C=O) groups is 1. The topological polar surface area (TPSA) is 88.5 Å². The van der Waals surface area contributed by atoms with Gasteiger partial charge in [0.1, 0.15) is 10.7 Å². The Hall–Kier alpha value is -2.48. The highest BCUT2D eigenvalue weighted by Gasteiger charge is 2.20. The molecule has 0 saturated heterocycles. The lowest BCUT2D eigenvalue weighted by molar-refractivity contribution is 0.102. The number of rotatable bonds is 4. The van der Waals surface area contributed by atoms with Crippen molar-refractivity contribution in [2.24, 2.45) is 0 Å². The molecule has 1 saturated carbocycles. The van der Waals surface area contributed by atoms with Crippen LogP contribution in [0.1, 0.15) is 35.8 Å². The summed E-state index contributed by atoms with van der Waals surface area (Å²) in [7, 11) is 0. The zero-order valence-electron chi connectivity index (χ0n) is 11.7. The predicted octanol–water partition coefficient (Wildman–Crippen LogP) is 2.71. The first-order valence-corrected chi connectivity index (χ1v) is 7.98. The maximum Gasteiger partial charge on any atom is 0.275 e. The van der Waals surface area contributed by atoms with Crippen LogP contribution in [-0.4, -0.2) is 30.9 Å². The van der Waals surface area contributed by atoms with Crippen LogP contribution >= 0.6 is 11.3 Å². The molecule has 1 aliphatic carbocycles. The molecule has 0 spiro atoms. The number of nitrogens with one attached hydrogen (secondary N) is 2. The summed E-state index contributed by atoms with van der Waals surface area (Å²) < 4.78 is 1.93. The fraction of sp³-hybridized carbons (Fsp3) is 0.286. The van der Waals surface area contributed by atoms with E-state index in [9.17, 15) is 4.79 Å². The highest BCUT2D eigenvalue weighted by Crippen LogP contribution is 2.31. The Kier molecular flexibility index (Phi) is 3.23. The molecule has 1 fully saturated rings. The van der Waals surface area contributed by atoms with Gasteiger partial charge in [0.15, 0.2) is 0 Å². The number of anilines is 1. The molecule has 1 amide bonds. The van der Waals surface area contributed by atoms with Gasteiger partial charge in [0.25, 0.3) is 5.91 Å². The quantitative estimate of drug-likeness (QED) is 0.775. The number of thiazole rings is 1. The Morgan fingerprint density at radius 1 is 1.41 bits per heavy atom. The van der Waals surface area contributed by atoms with Gasteiger partial charge in [-0.15, -0.1) is 11.3 Å². The molecular weight excluding hydrogens is 300 g/mol. The van der Waals surface area contributed by atoms with Gasteiger partial charge in [-0.2, -0.15) is 10.2 Å². The van der Waals surface area contributed by atoms with Crippen LogP contribution in [0.2, 0.25) is 0 Å². The SMILES string of the molecule is O=C(Nc1cnn(C2CCC2)c1)c1csc(-c2cn[nH]c2)n1. The third kappa shape index (κ3) is 2.41. The molecule has 7 nitrogen and oxygen atoms in total. The van der Waals surface area contributed by atoms with Gasteiger partial charge in [0, 0.05) is 23.3 Å². The van der Waals surface area contributed by atoms with Crippen molar-refractivity contribution in [1.82, 2.24) is 25.0 Å². The Morgan fingerprint density at radius 3 is 3.05 bits per heavy atom. The van der Waals surface area contributed by atoms with E-state index in [-0.39, 0.29) is 5.91 Å². The van der Waals surface area contributed by atoms with Gasteiger partial charge in [-0.05, 0) is 19.3 Å². The molecule has 112 valence electrons. The molecule has 1 aliphatic rings. The number of aromatic amines is 1. The lowest BCUT2D eigenvalue weighted by atomic mass is 9.93. The van der Waals surface area contributed by atoms with E-state index in [0.29, 0.717) is 17.4 Å². The van der Waals surface area contributed by atoms with E-state index < -0.39 is 0 Å². The number of carbonyl (C=O) groups excluding carboxylic acids is 1. The largest absolute Gasteiger partial charge is 0.318 e. The Bertz CT molecular complexity index is 786. The highest BCUT2D eigenvalue weighted by molar-refractivity contribution is 7.13. The summed E-state index contributed by atoms with van der Waals surface area (Å²) in [5.41, 5.74) is 1.98. The first-order valence-electron chi connectivity index (χ1n) is 7.10. The number of hydrogen-bond donors (Lipinski definition) is 2. The van der Waals surface area contributed by atoms with Gasteiger partial charge < -0.3 is 5.32 Å². The average Bonchev–Trinajstić information content (AvgIpc) is 3.18. The molecule has 0 aliphatic heterocycles. The molecule has 0 radical (unpaired) electrons. The molecule has 4 rings (SSSR count). The molecule has 0 aromatic carbocycles. The van der Waals surface area contributed by atoms with E-state index in [2.05, 4.69) is 25.6 Å². The lowest BCUT2D eigenvalue weighted by Crippen LogP contribution is -2.17. The molecule has 0 unspecified atom stereocenters. The molecule has 2 N–H and O–H groups in total. The number of hydrogen-bond acceptors (Lipinski definition) is 5. The normalized spacial score (nSPS) is 14.7. The minimum absolute atomic E-state index is 0.223. The Labute approximate surface area is 130 Å². The Balaban J connectivity index is 1.46. The molecule has 8 heteroatoms. The number of nitrogens with zero attached hydrogens (tertiary/aromatic N) is 4. The second-order valence-corrected chi connectivity index (χ2v) is 6.13. The summed E-state index contributed by atoms with van der Waals surface area (Å²) in [5, 5.41) is 16.3. The van der Waals surface area contributed by atoms with Crippen molar-refractivity contribution >= 4 is 22.9 Å². The zero-order chi connectivity index (χ0) is 14.9. The number of amides is 1. The van der Waals surface area contributed by atoms with Crippen LogP contribution in [0.4, 0.5) is 5.69 Å². The second kappa shape index (κ2) is 5.38. The molecule has 3 aromatic heterocycles. The van der Waals surface area contributed by atoms with Crippen LogP contribution < -0.4 is 5.32 Å². The summed E-state index contributed by atoms with van der Waals surface area (Å²) in [6.45, 7) is 0. The van der Waals surface area contributed by atoms with Gasteiger partial charge in [0.05, 0.1) is 24.1 Å². The molecule has 0 bridgehead atoms. The van der Waals surface area contributed by atoms with Crippen molar-refractivity contribution in [3.8, 4) is 10.6 Å². The van der Waals surface area contributed by atoms with E-state index in [4.69, 9.17) is 0 Å². The van der Waals surface area contributed by atoms with Crippen LogP contribution in [0.15, 0.2) is 30.2 Å². The van der Waals surface area contributed by atoms with Crippen LogP contribution in [0.5, 0.6) is 0 Å². The maximum absolute atomic E-state index is 12.2. The second-order valence-electron chi connectivity index (χ2n) is 5.27. The van der Waals surface area contributed by atoms with Crippen molar-refractivity contribution in [1.29, 1.82) is 0 Å². The van der Waals surface area contributed by atoms with E-state index in [1.807, 2.05) is 10.9 Å². The van der Waals surface area contributed by atoms with Gasteiger partial charge in [-0.1, -0.05) is 0 Å². The average molecular weight is 314 g/mol. The Morgan fingerprint density at radius 2 is 2.32 bits per heavy atom. The van der Waals surface area contributed by atoms with Crippen molar-refractivity contribution in [3.63, 3.8) is 0 Å². The summed E-state index contributed by atoms with van der Waals surface area (Å²) in [6.07, 6.45) is 10.6. The summed E-state index contributed by atoms with van der Waals surface area (Å²) >= 11 is 1.42. The molecule has 0 atom stereocenters. The highest BCUT2D eigenvalue weighted by atomic mass is 32.1. The van der Waals surface area contributed by atoms with Gasteiger partial charge >= 0.3 is 0 Å². The fourth-order valence-corrected chi connectivity index (χ4v) is 3.11. The predicted molar refractivity (Wildman–Crippen MR) is 82.8 cm³/mol. The third-order valence-electron chi connectivity index (χ3n) is 3.79. The molecule has 22 heavy (non-hydrogen) atoms. The maximum atomic E-state index is 12.2. The molecule has 3 heterocycles. The summed E-state index contributed by atoms with van der Waals surface area (Å²) in [4.78, 5) is 16.6. The summed E-state index contributed by atoms with van der Waals surface area (Å²) in [5.74, 6) is -0.223. The van der Waals surface area contributed by atoms with E-state index in [1.54, 1.807) is 24.0 Å². The molecule has 3 aromatic rings. The first kappa shape index (κ1) is 13.2. The van der Waals surface area contributed by atoms with Crippen LogP contribution in [-0.2, 0) is 0 Å². The zero-order valence-corrected chi connectivity index (χ0v) is 12.5. The lowest BCUT2D eigenvalue weighted by Gasteiger charge is -2.25. The van der Waals surface area contributed by atoms with Crippen molar-refractivity contribution < 1.29 is 4.79 Å². The summed E-state index contributed by atoms with van der Waals surface area (Å²) in [6, 6.07) is 0.484. The van der Waals surface area contributed by atoms with Gasteiger partial charge in [0.2, 0.25) is 0 Å². The standard InChI is InChI=1S/C14H14N6OS/c21-13(12-8-22-14(19-12)9-4-15-16-5-9)18-10-6-17-20(7-10)11-2-1-3-11/h4-8,11H,1-3H2,(H,15,16)(H,18,21). The monoisotopic (exact) mass is 314 g/mol. The van der Waals surface area contributed by atoms with Crippen LogP contribution in [0.25, 0.3) is 10.6 Å². The van der Waals surface area contributed by atoms with Gasteiger partial charge in [-0.25, -0.2) is 4.98 Å². The number of aromatic nitrogens is 5. The van der Waals surface area contributed by atoms with Gasteiger partial charge in [-0.3, -0.25) is 14.6 Å². The van der Waals surface area contributed by atoms with Crippen LogP contribution in [0, 0.1) is 0 Å². The smallest absolute Gasteiger partial charge is 0.275 e. The number of H-pyrrole nitrogens is 1. The van der Waals surface area contributed by atoms with E-state index in [1.165, 1.54) is 17.8 Å². The van der Waals surface area contributed by atoms with Crippen molar-refractivity contribution in [2.75, 3.05) is 5.32 Å². The van der Waals surface area contributed by atoms with Crippen LogP contribution in [0.3, 0.4) is 0 Å².